The number of rotatable bonds is 3. The van der Waals surface area contributed by atoms with Crippen LogP contribution in [0, 0.1) is 19.7 Å². The van der Waals surface area contributed by atoms with E-state index >= 15 is 0 Å². The van der Waals surface area contributed by atoms with Gasteiger partial charge in [0, 0.05) is 36.1 Å². The molecule has 7 heteroatoms. The first kappa shape index (κ1) is 20.0. The minimum absolute atomic E-state index is 0. The average Bonchev–Trinajstić information content (AvgIpc) is 3.19. The largest absolute Gasteiger partial charge is 0.354 e. The molecule has 1 aromatic carbocycles. The number of hydrogen-bond donors (Lipinski definition) is 1. The van der Waals surface area contributed by atoms with Crippen LogP contribution in [0.5, 0.6) is 0 Å². The van der Waals surface area contributed by atoms with E-state index in [-0.39, 0.29) is 24.1 Å². The van der Waals surface area contributed by atoms with Crippen molar-refractivity contribution < 1.29 is 9.18 Å². The molecule has 2 aromatic heterocycles. The number of fused-ring (bicyclic) bond motifs is 1. The molecule has 0 spiro atoms. The molecule has 0 bridgehead atoms. The Morgan fingerprint density at radius 1 is 1.14 bits per heavy atom. The van der Waals surface area contributed by atoms with Crippen LogP contribution in [-0.4, -0.2) is 33.9 Å². The van der Waals surface area contributed by atoms with Gasteiger partial charge in [0.2, 0.25) is 0 Å². The smallest absolute Gasteiger partial charge is 0.257 e. The molecular weight excluding hydrogens is 379 g/mol. The molecule has 0 radical (unpaired) electrons. The summed E-state index contributed by atoms with van der Waals surface area (Å²) in [7, 11) is 0. The number of amides is 1. The van der Waals surface area contributed by atoms with Gasteiger partial charge in [-0.05, 0) is 62.6 Å². The molecule has 1 amide bonds. The van der Waals surface area contributed by atoms with E-state index in [4.69, 9.17) is 0 Å². The molecule has 0 unspecified atom stereocenters. The van der Waals surface area contributed by atoms with Gasteiger partial charge in [-0.2, -0.15) is 0 Å². The van der Waals surface area contributed by atoms with Crippen molar-refractivity contribution in [2.24, 2.45) is 0 Å². The third-order valence-corrected chi connectivity index (χ3v) is 4.92. The number of halogens is 2. The van der Waals surface area contributed by atoms with Crippen LogP contribution in [0.4, 0.5) is 15.8 Å². The van der Waals surface area contributed by atoms with Crippen LogP contribution >= 0.6 is 12.4 Å². The van der Waals surface area contributed by atoms with Crippen molar-refractivity contribution in [2.75, 3.05) is 18.4 Å². The Kier molecular flexibility index (Phi) is 5.79. The van der Waals surface area contributed by atoms with Crippen molar-refractivity contribution in [1.82, 2.24) is 14.9 Å². The maximum absolute atomic E-state index is 13.6. The third kappa shape index (κ3) is 3.78. The fraction of sp³-hybridized carbons (Fsp3) is 0.286. The van der Waals surface area contributed by atoms with Crippen LogP contribution < -0.4 is 5.32 Å². The highest BCUT2D eigenvalue weighted by atomic mass is 35.5. The molecule has 4 rings (SSSR count). The Hall–Kier alpha value is -2.73. The van der Waals surface area contributed by atoms with Crippen molar-refractivity contribution >= 4 is 40.7 Å². The van der Waals surface area contributed by atoms with Crippen LogP contribution in [0.3, 0.4) is 0 Å². The van der Waals surface area contributed by atoms with Gasteiger partial charge in [0.25, 0.3) is 5.91 Å². The van der Waals surface area contributed by atoms with Gasteiger partial charge in [-0.3, -0.25) is 4.79 Å². The number of aromatic nitrogens is 2. The van der Waals surface area contributed by atoms with Crippen LogP contribution in [0.15, 0.2) is 36.5 Å². The summed E-state index contributed by atoms with van der Waals surface area (Å²) < 4.78 is 13.6. The fourth-order valence-electron chi connectivity index (χ4n) is 3.43. The van der Waals surface area contributed by atoms with Crippen molar-refractivity contribution in [3.05, 3.63) is 59.2 Å². The number of likely N-dealkylation sites (tertiary alicyclic amines) is 1. The maximum Gasteiger partial charge on any atom is 0.257 e. The summed E-state index contributed by atoms with van der Waals surface area (Å²) in [5.41, 5.74) is 3.87. The summed E-state index contributed by atoms with van der Waals surface area (Å²) in [5, 5.41) is 4.08. The summed E-state index contributed by atoms with van der Waals surface area (Å²) >= 11 is 0. The number of anilines is 2. The molecule has 5 nitrogen and oxygen atoms in total. The highest BCUT2D eigenvalue weighted by Gasteiger charge is 2.24. The van der Waals surface area contributed by atoms with Crippen LogP contribution in [-0.2, 0) is 0 Å². The maximum atomic E-state index is 13.6. The third-order valence-electron chi connectivity index (χ3n) is 4.92. The van der Waals surface area contributed by atoms with Gasteiger partial charge >= 0.3 is 0 Å². The highest BCUT2D eigenvalue weighted by molar-refractivity contribution is 6.07. The lowest BCUT2D eigenvalue weighted by atomic mass is 10.1. The Morgan fingerprint density at radius 2 is 1.89 bits per heavy atom. The Morgan fingerprint density at radius 3 is 2.61 bits per heavy atom. The van der Waals surface area contributed by atoms with Gasteiger partial charge in [0.1, 0.15) is 5.82 Å². The molecule has 0 atom stereocenters. The molecule has 0 saturated carbocycles. The van der Waals surface area contributed by atoms with Gasteiger partial charge in [-0.15, -0.1) is 12.4 Å². The molecule has 146 valence electrons. The summed E-state index contributed by atoms with van der Waals surface area (Å²) in [6.45, 7) is 5.14. The second-order valence-electron chi connectivity index (χ2n) is 6.96. The van der Waals surface area contributed by atoms with E-state index in [1.165, 1.54) is 6.07 Å². The van der Waals surface area contributed by atoms with E-state index in [0.717, 1.165) is 42.7 Å². The predicted molar refractivity (Wildman–Crippen MR) is 111 cm³/mol. The first-order chi connectivity index (χ1) is 13.0. The van der Waals surface area contributed by atoms with E-state index < -0.39 is 0 Å². The molecule has 3 aromatic rings. The Bertz CT molecular complexity index is 1030. The van der Waals surface area contributed by atoms with Crippen molar-refractivity contribution in [3.8, 4) is 0 Å². The van der Waals surface area contributed by atoms with E-state index in [0.29, 0.717) is 22.5 Å². The lowest BCUT2D eigenvalue weighted by molar-refractivity contribution is 0.0793. The lowest BCUT2D eigenvalue weighted by Gasteiger charge is -2.19. The summed E-state index contributed by atoms with van der Waals surface area (Å²) in [5.74, 6) is -0.297. The monoisotopic (exact) mass is 400 g/mol. The van der Waals surface area contributed by atoms with E-state index in [1.54, 1.807) is 25.3 Å². The number of aryl methyl sites for hydroxylation is 2. The molecule has 1 aliphatic rings. The topological polar surface area (TPSA) is 58.1 Å². The van der Waals surface area contributed by atoms with Gasteiger partial charge in [-0.1, -0.05) is 0 Å². The van der Waals surface area contributed by atoms with Gasteiger partial charge < -0.3 is 10.2 Å². The molecule has 1 aliphatic heterocycles. The normalized spacial score (nSPS) is 13.5. The van der Waals surface area contributed by atoms with Gasteiger partial charge in [-0.25, -0.2) is 14.4 Å². The molecule has 1 fully saturated rings. The molecule has 28 heavy (non-hydrogen) atoms. The summed E-state index contributed by atoms with van der Waals surface area (Å²) in [6.07, 6.45) is 3.63. The lowest BCUT2D eigenvalue weighted by Crippen LogP contribution is -2.28. The van der Waals surface area contributed by atoms with Crippen LogP contribution in [0.25, 0.3) is 11.0 Å². The molecule has 1 N–H and O–H groups in total. The predicted octanol–water partition coefficient (Wildman–Crippen LogP) is 4.79. The highest BCUT2D eigenvalue weighted by Crippen LogP contribution is 2.30. The number of nitrogens with one attached hydrogen (secondary N) is 1. The SMILES string of the molecule is Cc1ccc2c(Nc3ccc(F)c(C)c3)c(C(=O)N3CCCC3)cnc2n1.Cl. The van der Waals surface area contributed by atoms with Crippen molar-refractivity contribution in [1.29, 1.82) is 0 Å². The number of hydrogen-bond acceptors (Lipinski definition) is 4. The zero-order chi connectivity index (χ0) is 19.0. The van der Waals surface area contributed by atoms with Crippen LogP contribution in [0.2, 0.25) is 0 Å². The van der Waals surface area contributed by atoms with E-state index in [2.05, 4.69) is 15.3 Å². The second kappa shape index (κ2) is 8.10. The first-order valence-corrected chi connectivity index (χ1v) is 9.12. The summed E-state index contributed by atoms with van der Waals surface area (Å²) in [4.78, 5) is 23.8. The Balaban J connectivity index is 0.00000225. The zero-order valence-corrected chi connectivity index (χ0v) is 16.6. The summed E-state index contributed by atoms with van der Waals surface area (Å²) in [6, 6.07) is 8.64. The minimum Gasteiger partial charge on any atom is -0.354 e. The number of benzene rings is 1. The van der Waals surface area contributed by atoms with E-state index in [9.17, 15) is 9.18 Å². The Labute approximate surface area is 169 Å². The first-order valence-electron chi connectivity index (χ1n) is 9.12. The molecule has 1 saturated heterocycles. The van der Waals surface area contributed by atoms with E-state index in [1.807, 2.05) is 24.0 Å². The molecule has 3 heterocycles. The van der Waals surface area contributed by atoms with Crippen LogP contribution in [0.1, 0.15) is 34.5 Å². The zero-order valence-electron chi connectivity index (χ0n) is 15.8. The van der Waals surface area contributed by atoms with Gasteiger partial charge in [0.05, 0.1) is 11.3 Å². The number of carbonyl (C=O) groups excluding carboxylic acids is 1. The van der Waals surface area contributed by atoms with Crippen molar-refractivity contribution in [3.63, 3.8) is 0 Å². The quantitative estimate of drug-likeness (QED) is 0.686. The van der Waals surface area contributed by atoms with Crippen molar-refractivity contribution in [2.45, 2.75) is 26.7 Å². The number of pyridine rings is 2. The number of nitrogens with zero attached hydrogens (tertiary/aromatic N) is 3. The fourth-order valence-corrected chi connectivity index (χ4v) is 3.43. The van der Waals surface area contributed by atoms with Gasteiger partial charge in [0.15, 0.2) is 5.65 Å². The average molecular weight is 401 g/mol. The molecular formula is C21H22ClFN4O. The standard InChI is InChI=1S/C21H21FN4O.ClH/c1-13-11-15(6-8-18(13)22)25-19-16-7-5-14(2)24-20(16)23-12-17(19)21(27)26-9-3-4-10-26;/h5-8,11-12H,3-4,9-10H2,1-2H3,(H,23,24,25);1H. The molecule has 0 aliphatic carbocycles. The second-order valence-corrected chi connectivity index (χ2v) is 6.96. The minimum atomic E-state index is -0.259. The number of carbonyl (C=O) groups is 1.